The van der Waals surface area contributed by atoms with Crippen molar-refractivity contribution in [1.82, 2.24) is 5.32 Å². The number of amides is 2. The van der Waals surface area contributed by atoms with Crippen LogP contribution in [0.15, 0.2) is 35.9 Å². The molecule has 1 aromatic carbocycles. The standard InChI is InChI=1S/C19H23N3O2/c1-15(23)22(18-9-5-8-17(12-18)13-20)14-19(24)21-11-10-16-6-3-2-4-7-16/h5-6,8-9,12H,2-4,7,10-11,14H2,1H3,(H,21,24). The largest absolute Gasteiger partial charge is 0.354 e. The van der Waals surface area contributed by atoms with E-state index in [0.29, 0.717) is 17.8 Å². The molecule has 24 heavy (non-hydrogen) atoms. The van der Waals surface area contributed by atoms with Crippen molar-refractivity contribution in [3.63, 3.8) is 0 Å². The van der Waals surface area contributed by atoms with E-state index >= 15 is 0 Å². The molecule has 0 unspecified atom stereocenters. The average Bonchev–Trinajstić information content (AvgIpc) is 2.60. The maximum Gasteiger partial charge on any atom is 0.240 e. The molecule has 0 saturated heterocycles. The first kappa shape index (κ1) is 17.7. The van der Waals surface area contributed by atoms with E-state index in [4.69, 9.17) is 5.26 Å². The molecule has 126 valence electrons. The maximum atomic E-state index is 12.1. The minimum Gasteiger partial charge on any atom is -0.354 e. The number of benzene rings is 1. The quantitative estimate of drug-likeness (QED) is 0.817. The minimum absolute atomic E-state index is 0.0384. The molecule has 0 radical (unpaired) electrons. The van der Waals surface area contributed by atoms with Crippen LogP contribution in [-0.4, -0.2) is 24.9 Å². The summed E-state index contributed by atoms with van der Waals surface area (Å²) in [6.45, 7) is 1.97. The lowest BCUT2D eigenvalue weighted by Crippen LogP contribution is -2.40. The van der Waals surface area contributed by atoms with Gasteiger partial charge in [-0.15, -0.1) is 0 Å². The third-order valence-corrected chi connectivity index (χ3v) is 4.12. The molecule has 1 N–H and O–H groups in total. The first-order valence-corrected chi connectivity index (χ1v) is 8.33. The summed E-state index contributed by atoms with van der Waals surface area (Å²) in [6.07, 6.45) is 7.88. The number of nitrogens with one attached hydrogen (secondary N) is 1. The fraction of sp³-hybridized carbons (Fsp3) is 0.421. The van der Waals surface area contributed by atoms with Gasteiger partial charge in [0.15, 0.2) is 0 Å². The van der Waals surface area contributed by atoms with Crippen LogP contribution >= 0.6 is 0 Å². The molecule has 2 rings (SSSR count). The Morgan fingerprint density at radius 1 is 1.33 bits per heavy atom. The van der Waals surface area contributed by atoms with Crippen LogP contribution in [0.4, 0.5) is 5.69 Å². The van der Waals surface area contributed by atoms with Gasteiger partial charge in [-0.2, -0.15) is 5.26 Å². The maximum absolute atomic E-state index is 12.1. The van der Waals surface area contributed by atoms with Gasteiger partial charge in [0.2, 0.25) is 11.8 Å². The van der Waals surface area contributed by atoms with Crippen LogP contribution < -0.4 is 10.2 Å². The van der Waals surface area contributed by atoms with E-state index in [1.54, 1.807) is 24.3 Å². The molecule has 0 fully saturated rings. The second-order valence-electron chi connectivity index (χ2n) is 5.98. The van der Waals surface area contributed by atoms with E-state index in [2.05, 4.69) is 11.4 Å². The van der Waals surface area contributed by atoms with E-state index < -0.39 is 0 Å². The number of nitrogens with zero attached hydrogens (tertiary/aromatic N) is 2. The molecule has 1 aromatic rings. The van der Waals surface area contributed by atoms with E-state index in [9.17, 15) is 9.59 Å². The molecule has 1 aliphatic carbocycles. The molecule has 0 saturated carbocycles. The third-order valence-electron chi connectivity index (χ3n) is 4.12. The Bertz CT molecular complexity index is 673. The zero-order chi connectivity index (χ0) is 17.4. The number of carbonyl (C=O) groups is 2. The smallest absolute Gasteiger partial charge is 0.240 e. The highest BCUT2D eigenvalue weighted by molar-refractivity contribution is 5.97. The van der Waals surface area contributed by atoms with Crippen LogP contribution in [0.3, 0.4) is 0 Å². The summed E-state index contributed by atoms with van der Waals surface area (Å²) in [6, 6.07) is 8.75. The van der Waals surface area contributed by atoms with Crippen molar-refractivity contribution >= 4 is 17.5 Å². The van der Waals surface area contributed by atoms with Crippen molar-refractivity contribution in [2.75, 3.05) is 18.0 Å². The number of allylic oxidation sites excluding steroid dienone is 1. The number of nitriles is 1. The molecular weight excluding hydrogens is 302 g/mol. The van der Waals surface area contributed by atoms with Crippen molar-refractivity contribution in [2.45, 2.75) is 39.0 Å². The lowest BCUT2D eigenvalue weighted by Gasteiger charge is -2.21. The second-order valence-corrected chi connectivity index (χ2v) is 5.98. The highest BCUT2D eigenvalue weighted by Crippen LogP contribution is 2.19. The lowest BCUT2D eigenvalue weighted by molar-refractivity contribution is -0.123. The number of hydrogen-bond donors (Lipinski definition) is 1. The highest BCUT2D eigenvalue weighted by Gasteiger charge is 2.16. The second kappa shape index (κ2) is 8.88. The summed E-state index contributed by atoms with van der Waals surface area (Å²) >= 11 is 0. The van der Waals surface area contributed by atoms with Gasteiger partial charge in [-0.05, 0) is 50.3 Å². The van der Waals surface area contributed by atoms with Crippen LogP contribution in [0.5, 0.6) is 0 Å². The first-order valence-electron chi connectivity index (χ1n) is 8.33. The van der Waals surface area contributed by atoms with Crippen molar-refractivity contribution in [3.8, 4) is 6.07 Å². The molecular formula is C19H23N3O2. The van der Waals surface area contributed by atoms with Gasteiger partial charge in [-0.25, -0.2) is 0 Å². The van der Waals surface area contributed by atoms with Gasteiger partial charge in [0.25, 0.3) is 0 Å². The van der Waals surface area contributed by atoms with Gasteiger partial charge in [-0.3, -0.25) is 9.59 Å². The van der Waals surface area contributed by atoms with E-state index in [1.165, 1.54) is 30.2 Å². The predicted octanol–water partition coefficient (Wildman–Crippen LogP) is 2.92. The van der Waals surface area contributed by atoms with Gasteiger partial charge >= 0.3 is 0 Å². The van der Waals surface area contributed by atoms with Crippen LogP contribution in [0.1, 0.15) is 44.6 Å². The predicted molar refractivity (Wildman–Crippen MR) is 93.4 cm³/mol. The van der Waals surface area contributed by atoms with Crippen molar-refractivity contribution in [2.24, 2.45) is 0 Å². The van der Waals surface area contributed by atoms with Crippen LogP contribution in [-0.2, 0) is 9.59 Å². The number of rotatable bonds is 6. The minimum atomic E-state index is -0.227. The molecule has 0 aliphatic heterocycles. The normalized spacial score (nSPS) is 13.6. The van der Waals surface area contributed by atoms with Crippen LogP contribution in [0, 0.1) is 11.3 Å². The monoisotopic (exact) mass is 325 g/mol. The number of carbonyl (C=O) groups excluding carboxylic acids is 2. The highest BCUT2D eigenvalue weighted by atomic mass is 16.2. The molecule has 0 spiro atoms. The van der Waals surface area contributed by atoms with Crippen LogP contribution in [0.25, 0.3) is 0 Å². The topological polar surface area (TPSA) is 73.2 Å². The lowest BCUT2D eigenvalue weighted by atomic mass is 9.97. The Kier molecular flexibility index (Phi) is 6.56. The molecule has 0 atom stereocenters. The van der Waals surface area contributed by atoms with E-state index in [1.807, 2.05) is 6.07 Å². The SMILES string of the molecule is CC(=O)N(CC(=O)NCCC1=CCCCC1)c1cccc(C#N)c1. The molecule has 0 bridgehead atoms. The Balaban J connectivity index is 1.90. The van der Waals surface area contributed by atoms with Gasteiger partial charge in [0.1, 0.15) is 6.54 Å². The molecule has 0 aromatic heterocycles. The Morgan fingerprint density at radius 3 is 2.83 bits per heavy atom. The summed E-state index contributed by atoms with van der Waals surface area (Å²) in [7, 11) is 0. The molecule has 2 amide bonds. The molecule has 5 nitrogen and oxygen atoms in total. The molecule has 5 heteroatoms. The van der Waals surface area contributed by atoms with Gasteiger partial charge in [0, 0.05) is 19.2 Å². The first-order chi connectivity index (χ1) is 11.6. The summed E-state index contributed by atoms with van der Waals surface area (Å²) in [5.74, 6) is -0.417. The fourth-order valence-electron chi connectivity index (χ4n) is 2.82. The van der Waals surface area contributed by atoms with Crippen molar-refractivity contribution in [1.29, 1.82) is 5.26 Å². The summed E-state index contributed by atoms with van der Waals surface area (Å²) in [5, 5.41) is 11.8. The number of anilines is 1. The summed E-state index contributed by atoms with van der Waals surface area (Å²) < 4.78 is 0. The molecule has 1 aliphatic rings. The Labute approximate surface area is 143 Å². The number of hydrogen-bond acceptors (Lipinski definition) is 3. The van der Waals surface area contributed by atoms with Crippen molar-refractivity contribution < 1.29 is 9.59 Å². The summed E-state index contributed by atoms with van der Waals surface area (Å²) in [5.41, 5.74) is 2.43. The Hall–Kier alpha value is -2.61. The Morgan fingerprint density at radius 2 is 2.17 bits per heavy atom. The zero-order valence-corrected chi connectivity index (χ0v) is 14.0. The summed E-state index contributed by atoms with van der Waals surface area (Å²) in [4.78, 5) is 25.4. The average molecular weight is 325 g/mol. The zero-order valence-electron chi connectivity index (χ0n) is 14.0. The van der Waals surface area contributed by atoms with Gasteiger partial charge < -0.3 is 10.2 Å². The van der Waals surface area contributed by atoms with Gasteiger partial charge in [-0.1, -0.05) is 17.7 Å². The molecule has 0 heterocycles. The van der Waals surface area contributed by atoms with E-state index in [-0.39, 0.29) is 18.4 Å². The van der Waals surface area contributed by atoms with Gasteiger partial charge in [0.05, 0.1) is 11.6 Å². The van der Waals surface area contributed by atoms with Crippen molar-refractivity contribution in [3.05, 3.63) is 41.5 Å². The third kappa shape index (κ3) is 5.24. The van der Waals surface area contributed by atoms with E-state index in [0.717, 1.165) is 19.3 Å². The van der Waals surface area contributed by atoms with Crippen LogP contribution in [0.2, 0.25) is 0 Å². The fourth-order valence-corrected chi connectivity index (χ4v) is 2.82.